The molecule has 0 aliphatic rings. The molecule has 0 bridgehead atoms. The zero-order valence-electron chi connectivity index (χ0n) is 16.0. The molecule has 0 aliphatic heterocycles. The van der Waals surface area contributed by atoms with Gasteiger partial charge in [-0.1, -0.05) is 24.3 Å². The molecular weight excluding hydrogens is 384 g/mol. The molecule has 3 N–H and O–H groups in total. The van der Waals surface area contributed by atoms with Crippen molar-refractivity contribution in [1.29, 1.82) is 0 Å². The van der Waals surface area contributed by atoms with E-state index in [9.17, 15) is 20.1 Å². The van der Waals surface area contributed by atoms with E-state index in [1.807, 2.05) is 0 Å². The number of fused-ring (bicyclic) bond motifs is 1. The molecule has 1 heterocycles. The van der Waals surface area contributed by atoms with Crippen molar-refractivity contribution in [3.63, 3.8) is 0 Å². The maximum atomic E-state index is 13.2. The van der Waals surface area contributed by atoms with Crippen LogP contribution >= 0.6 is 0 Å². The Morgan fingerprint density at radius 2 is 1.73 bits per heavy atom. The van der Waals surface area contributed by atoms with Crippen LogP contribution in [0.1, 0.15) is 11.4 Å². The standard InChI is InChI=1S/C23H18N2O5/c1-30-20-8-4-5-14(22(20)28)9-12-21-24-17-7-3-2-6-16(17)23(29)25(21)15-10-11-18(26)19(27)13-15/h2-13,26-28H,1H3/b12-9+. The second kappa shape index (κ2) is 7.63. The molecule has 0 atom stereocenters. The van der Waals surface area contributed by atoms with E-state index in [2.05, 4.69) is 4.98 Å². The monoisotopic (exact) mass is 402 g/mol. The SMILES string of the molecule is COc1cccc(/C=C/c2nc3ccccc3c(=O)n2-c2ccc(O)c(O)c2)c1O. The predicted molar refractivity (Wildman–Crippen MR) is 114 cm³/mol. The summed E-state index contributed by atoms with van der Waals surface area (Å²) in [5.41, 5.74) is 0.997. The smallest absolute Gasteiger partial charge is 0.266 e. The minimum atomic E-state index is -0.354. The molecule has 3 aromatic carbocycles. The molecule has 0 saturated heterocycles. The van der Waals surface area contributed by atoms with Crippen LogP contribution in [0.5, 0.6) is 23.0 Å². The van der Waals surface area contributed by atoms with Gasteiger partial charge in [-0.05, 0) is 42.5 Å². The van der Waals surface area contributed by atoms with Gasteiger partial charge in [0, 0.05) is 11.6 Å². The van der Waals surface area contributed by atoms with E-state index in [1.54, 1.807) is 54.6 Å². The third kappa shape index (κ3) is 3.33. The average Bonchev–Trinajstić information content (AvgIpc) is 2.75. The molecule has 0 aliphatic carbocycles. The summed E-state index contributed by atoms with van der Waals surface area (Å²) in [6.07, 6.45) is 3.21. The maximum Gasteiger partial charge on any atom is 0.266 e. The Labute approximate surface area is 171 Å². The predicted octanol–water partition coefficient (Wildman–Crippen LogP) is 3.68. The number of nitrogens with zero attached hydrogens (tertiary/aromatic N) is 2. The molecular formula is C23H18N2O5. The van der Waals surface area contributed by atoms with E-state index in [0.29, 0.717) is 27.9 Å². The molecule has 4 rings (SSSR count). The van der Waals surface area contributed by atoms with Crippen LogP contribution in [0.2, 0.25) is 0 Å². The average molecular weight is 402 g/mol. The highest BCUT2D eigenvalue weighted by Gasteiger charge is 2.13. The van der Waals surface area contributed by atoms with Gasteiger partial charge in [0.05, 0.1) is 23.7 Å². The Hall–Kier alpha value is -4.26. The first kappa shape index (κ1) is 19.1. The summed E-state index contributed by atoms with van der Waals surface area (Å²) in [6, 6.07) is 16.1. The lowest BCUT2D eigenvalue weighted by Gasteiger charge is -2.12. The quantitative estimate of drug-likeness (QED) is 0.450. The van der Waals surface area contributed by atoms with E-state index in [-0.39, 0.29) is 28.6 Å². The normalized spacial score (nSPS) is 11.2. The number of methoxy groups -OCH3 is 1. The first-order chi connectivity index (χ1) is 14.5. The van der Waals surface area contributed by atoms with Gasteiger partial charge in [-0.2, -0.15) is 0 Å². The lowest BCUT2D eigenvalue weighted by molar-refractivity contribution is 0.373. The highest BCUT2D eigenvalue weighted by atomic mass is 16.5. The second-order valence-electron chi connectivity index (χ2n) is 6.53. The van der Waals surface area contributed by atoms with Crippen LogP contribution in [0.3, 0.4) is 0 Å². The Morgan fingerprint density at radius 1 is 0.933 bits per heavy atom. The summed E-state index contributed by atoms with van der Waals surface area (Å²) >= 11 is 0. The summed E-state index contributed by atoms with van der Waals surface area (Å²) in [5.74, 6) is -0.0736. The number of hydrogen-bond acceptors (Lipinski definition) is 6. The molecule has 0 radical (unpaired) electrons. The van der Waals surface area contributed by atoms with Gasteiger partial charge in [-0.15, -0.1) is 0 Å². The second-order valence-corrected chi connectivity index (χ2v) is 6.53. The van der Waals surface area contributed by atoms with Crippen molar-refractivity contribution < 1.29 is 20.1 Å². The fourth-order valence-electron chi connectivity index (χ4n) is 3.16. The molecule has 30 heavy (non-hydrogen) atoms. The number of phenols is 3. The number of ether oxygens (including phenoxy) is 1. The zero-order chi connectivity index (χ0) is 21.3. The Balaban J connectivity index is 1.94. The summed E-state index contributed by atoms with van der Waals surface area (Å²) in [4.78, 5) is 17.8. The number of aromatic hydroxyl groups is 3. The van der Waals surface area contributed by atoms with Crippen molar-refractivity contribution in [3.8, 4) is 28.7 Å². The van der Waals surface area contributed by atoms with Gasteiger partial charge < -0.3 is 20.1 Å². The lowest BCUT2D eigenvalue weighted by atomic mass is 10.1. The Kier molecular flexibility index (Phi) is 4.85. The van der Waals surface area contributed by atoms with Crippen molar-refractivity contribution >= 4 is 23.1 Å². The van der Waals surface area contributed by atoms with E-state index >= 15 is 0 Å². The third-order valence-electron chi connectivity index (χ3n) is 4.68. The van der Waals surface area contributed by atoms with Gasteiger partial charge >= 0.3 is 0 Å². The van der Waals surface area contributed by atoms with E-state index in [1.165, 1.54) is 29.9 Å². The number of phenolic OH excluding ortho intramolecular Hbond substituents is 3. The highest BCUT2D eigenvalue weighted by Crippen LogP contribution is 2.31. The molecule has 7 nitrogen and oxygen atoms in total. The fraction of sp³-hybridized carbons (Fsp3) is 0.0435. The van der Waals surface area contributed by atoms with Gasteiger partial charge in [0.1, 0.15) is 5.82 Å². The molecule has 0 spiro atoms. The van der Waals surface area contributed by atoms with Crippen molar-refractivity contribution in [2.75, 3.05) is 7.11 Å². The molecule has 0 unspecified atom stereocenters. The molecule has 7 heteroatoms. The van der Waals surface area contributed by atoms with Crippen molar-refractivity contribution in [2.24, 2.45) is 0 Å². The van der Waals surface area contributed by atoms with Crippen LogP contribution in [0.15, 0.2) is 65.5 Å². The minimum absolute atomic E-state index is 0.0341. The summed E-state index contributed by atoms with van der Waals surface area (Å²) in [5, 5.41) is 30.3. The Morgan fingerprint density at radius 3 is 2.50 bits per heavy atom. The van der Waals surface area contributed by atoms with Gasteiger partial charge in [0.25, 0.3) is 5.56 Å². The number of hydrogen-bond donors (Lipinski definition) is 3. The van der Waals surface area contributed by atoms with E-state index < -0.39 is 0 Å². The van der Waals surface area contributed by atoms with Crippen molar-refractivity contribution in [1.82, 2.24) is 9.55 Å². The number of benzene rings is 3. The van der Waals surface area contributed by atoms with Crippen molar-refractivity contribution in [2.45, 2.75) is 0 Å². The fourth-order valence-corrected chi connectivity index (χ4v) is 3.16. The summed E-state index contributed by atoms with van der Waals surface area (Å²) < 4.78 is 6.45. The molecule has 4 aromatic rings. The van der Waals surface area contributed by atoms with Crippen LogP contribution in [0, 0.1) is 0 Å². The van der Waals surface area contributed by atoms with E-state index in [4.69, 9.17) is 4.74 Å². The van der Waals surface area contributed by atoms with Gasteiger partial charge in [0.2, 0.25) is 0 Å². The largest absolute Gasteiger partial charge is 0.504 e. The highest BCUT2D eigenvalue weighted by molar-refractivity contribution is 5.80. The summed E-state index contributed by atoms with van der Waals surface area (Å²) in [6.45, 7) is 0. The van der Waals surface area contributed by atoms with Crippen LogP contribution in [0.4, 0.5) is 0 Å². The molecule has 0 amide bonds. The van der Waals surface area contributed by atoms with E-state index in [0.717, 1.165) is 0 Å². The third-order valence-corrected chi connectivity index (χ3v) is 4.68. The summed E-state index contributed by atoms with van der Waals surface area (Å²) in [7, 11) is 1.46. The number of rotatable bonds is 4. The topological polar surface area (TPSA) is 105 Å². The molecule has 1 aromatic heterocycles. The first-order valence-electron chi connectivity index (χ1n) is 9.08. The molecule has 0 saturated carbocycles. The van der Waals surface area contributed by atoms with Crippen LogP contribution in [0.25, 0.3) is 28.7 Å². The van der Waals surface area contributed by atoms with Crippen LogP contribution < -0.4 is 10.3 Å². The lowest BCUT2D eigenvalue weighted by Crippen LogP contribution is -2.22. The van der Waals surface area contributed by atoms with Gasteiger partial charge in [0.15, 0.2) is 23.0 Å². The van der Waals surface area contributed by atoms with Gasteiger partial charge in [-0.25, -0.2) is 4.98 Å². The molecule has 0 fully saturated rings. The first-order valence-corrected chi connectivity index (χ1v) is 9.08. The number of para-hydroxylation sites is 2. The van der Waals surface area contributed by atoms with Crippen LogP contribution in [-0.2, 0) is 0 Å². The Bertz CT molecular complexity index is 1340. The van der Waals surface area contributed by atoms with Gasteiger partial charge in [-0.3, -0.25) is 9.36 Å². The minimum Gasteiger partial charge on any atom is -0.504 e. The van der Waals surface area contributed by atoms with Crippen LogP contribution in [-0.4, -0.2) is 32.0 Å². The maximum absolute atomic E-state index is 13.2. The number of aromatic nitrogens is 2. The molecule has 150 valence electrons. The zero-order valence-corrected chi connectivity index (χ0v) is 16.0. The van der Waals surface area contributed by atoms with Crippen molar-refractivity contribution in [3.05, 3.63) is 82.4 Å².